The summed E-state index contributed by atoms with van der Waals surface area (Å²) in [5.41, 5.74) is 1.35. The zero-order valence-electron chi connectivity index (χ0n) is 15.9. The zero-order valence-corrected chi connectivity index (χ0v) is 17.6. The second-order valence-corrected chi connectivity index (χ2v) is 10.4. The summed E-state index contributed by atoms with van der Waals surface area (Å²) >= 11 is 0. The first-order valence-electron chi connectivity index (χ1n) is 8.74. The fourth-order valence-electron chi connectivity index (χ4n) is 2.60. The van der Waals surface area contributed by atoms with E-state index in [1.165, 1.54) is 48.7 Å². The molecule has 1 amide bonds. The van der Waals surface area contributed by atoms with E-state index < -0.39 is 25.8 Å². The summed E-state index contributed by atoms with van der Waals surface area (Å²) in [6.07, 6.45) is 2.62. The predicted molar refractivity (Wildman–Crippen MR) is 114 cm³/mol. The maximum absolute atomic E-state index is 12.4. The van der Waals surface area contributed by atoms with Crippen molar-refractivity contribution in [2.45, 2.75) is 10.6 Å². The monoisotopic (exact) mass is 445 g/mol. The Hall–Kier alpha value is -3.24. The number of carbonyl (C=O) groups excluding carboxylic acids is 1. The van der Waals surface area contributed by atoms with Crippen LogP contribution >= 0.6 is 0 Å². The van der Waals surface area contributed by atoms with Crippen LogP contribution in [-0.4, -0.2) is 34.0 Å². The van der Waals surface area contributed by atoms with Crippen LogP contribution in [0.15, 0.2) is 77.8 Å². The highest BCUT2D eigenvalue weighted by Gasteiger charge is 2.15. The summed E-state index contributed by atoms with van der Waals surface area (Å²) in [6, 6.07) is 16.8. The Balaban J connectivity index is 1.67. The van der Waals surface area contributed by atoms with Gasteiger partial charge < -0.3 is 5.32 Å². The van der Waals surface area contributed by atoms with Gasteiger partial charge in [0.05, 0.1) is 10.6 Å². The van der Waals surface area contributed by atoms with Crippen molar-refractivity contribution in [2.24, 2.45) is 0 Å². The third-order valence-corrected chi connectivity index (χ3v) is 6.20. The summed E-state index contributed by atoms with van der Waals surface area (Å²) in [5.74, 6) is -0.297. The van der Waals surface area contributed by atoms with Gasteiger partial charge in [0.15, 0.2) is 9.84 Å². The van der Waals surface area contributed by atoms with E-state index in [1.807, 2.05) is 0 Å². The molecule has 0 aliphatic carbocycles. The standard InChI is InChI=1S/C20H19N3O5S2/c1-29(25,26)14-15-5-7-16(8-6-15)20(24)22-17-9-11-18(12-10-17)30(27,28)23-19-4-2-3-13-21-19/h2-13H,14H2,1H3,(H,21,23)(H,22,24). The van der Waals surface area contributed by atoms with Crippen molar-refractivity contribution in [2.75, 3.05) is 16.3 Å². The van der Waals surface area contributed by atoms with Gasteiger partial charge in [0, 0.05) is 23.7 Å². The highest BCUT2D eigenvalue weighted by Crippen LogP contribution is 2.18. The molecule has 30 heavy (non-hydrogen) atoms. The minimum atomic E-state index is -3.80. The van der Waals surface area contributed by atoms with Gasteiger partial charge in [-0.25, -0.2) is 21.8 Å². The zero-order chi connectivity index (χ0) is 21.8. The van der Waals surface area contributed by atoms with E-state index in [4.69, 9.17) is 0 Å². The Morgan fingerprint density at radius 1 is 0.900 bits per heavy atom. The van der Waals surface area contributed by atoms with E-state index in [9.17, 15) is 21.6 Å². The molecule has 156 valence electrons. The topological polar surface area (TPSA) is 122 Å². The maximum Gasteiger partial charge on any atom is 0.263 e. The lowest BCUT2D eigenvalue weighted by molar-refractivity contribution is 0.102. The molecule has 10 heteroatoms. The van der Waals surface area contributed by atoms with Crippen molar-refractivity contribution >= 4 is 37.3 Å². The SMILES string of the molecule is CS(=O)(=O)Cc1ccc(C(=O)Nc2ccc(S(=O)(=O)Nc3ccccn3)cc2)cc1. The lowest BCUT2D eigenvalue weighted by Crippen LogP contribution is -2.14. The molecule has 0 aliphatic rings. The molecule has 2 N–H and O–H groups in total. The number of hydrogen-bond donors (Lipinski definition) is 2. The van der Waals surface area contributed by atoms with Gasteiger partial charge in [0.25, 0.3) is 15.9 Å². The number of anilines is 2. The van der Waals surface area contributed by atoms with Gasteiger partial charge in [0.2, 0.25) is 0 Å². The van der Waals surface area contributed by atoms with Gasteiger partial charge in [-0.05, 0) is 54.1 Å². The molecule has 0 saturated heterocycles. The number of nitrogens with one attached hydrogen (secondary N) is 2. The molecular formula is C20H19N3O5S2. The smallest absolute Gasteiger partial charge is 0.263 e. The average molecular weight is 446 g/mol. The van der Waals surface area contributed by atoms with Crippen LogP contribution in [0.3, 0.4) is 0 Å². The third-order valence-electron chi connectivity index (χ3n) is 3.97. The molecule has 0 aliphatic heterocycles. The van der Waals surface area contributed by atoms with Crippen LogP contribution < -0.4 is 10.0 Å². The van der Waals surface area contributed by atoms with E-state index in [0.717, 1.165) is 6.26 Å². The molecule has 0 unspecified atom stereocenters. The molecule has 0 fully saturated rings. The largest absolute Gasteiger partial charge is 0.322 e. The fraction of sp³-hybridized carbons (Fsp3) is 0.100. The summed E-state index contributed by atoms with van der Waals surface area (Å²) < 4.78 is 49.8. The molecule has 0 spiro atoms. The van der Waals surface area contributed by atoms with E-state index in [-0.39, 0.29) is 16.5 Å². The van der Waals surface area contributed by atoms with Crippen LogP contribution in [-0.2, 0) is 25.6 Å². The number of sulfone groups is 1. The maximum atomic E-state index is 12.4. The van der Waals surface area contributed by atoms with Gasteiger partial charge in [-0.15, -0.1) is 0 Å². The number of amides is 1. The molecule has 0 saturated carbocycles. The van der Waals surface area contributed by atoms with E-state index >= 15 is 0 Å². The number of nitrogens with zero attached hydrogens (tertiary/aromatic N) is 1. The molecule has 0 bridgehead atoms. The van der Waals surface area contributed by atoms with Crippen LogP contribution in [0.5, 0.6) is 0 Å². The minimum absolute atomic E-state index is 0.0243. The first-order valence-corrected chi connectivity index (χ1v) is 12.3. The van der Waals surface area contributed by atoms with Crippen LogP contribution in [0, 0.1) is 0 Å². The number of benzene rings is 2. The number of sulfonamides is 1. The molecule has 2 aromatic carbocycles. The number of rotatable bonds is 7. The Kier molecular flexibility index (Phi) is 6.18. The summed E-state index contributed by atoms with van der Waals surface area (Å²) in [5, 5.41) is 2.67. The van der Waals surface area contributed by atoms with Gasteiger partial charge in [-0.2, -0.15) is 0 Å². The van der Waals surface area contributed by atoms with Crippen molar-refractivity contribution in [3.05, 3.63) is 84.1 Å². The van der Waals surface area contributed by atoms with Crippen LogP contribution in [0.25, 0.3) is 0 Å². The normalized spacial score (nSPS) is 11.6. The van der Waals surface area contributed by atoms with Crippen molar-refractivity contribution in [3.8, 4) is 0 Å². The number of aromatic nitrogens is 1. The van der Waals surface area contributed by atoms with E-state index in [1.54, 1.807) is 24.3 Å². The Labute approximate surface area is 175 Å². The molecule has 1 heterocycles. The lowest BCUT2D eigenvalue weighted by atomic mass is 10.1. The van der Waals surface area contributed by atoms with Crippen molar-refractivity contribution in [1.29, 1.82) is 0 Å². The predicted octanol–water partition coefficient (Wildman–Crippen LogP) is 2.68. The van der Waals surface area contributed by atoms with Crippen LogP contribution in [0.4, 0.5) is 11.5 Å². The number of carbonyl (C=O) groups is 1. The Bertz CT molecular complexity index is 1240. The highest BCUT2D eigenvalue weighted by atomic mass is 32.2. The Morgan fingerprint density at radius 3 is 2.13 bits per heavy atom. The molecular weight excluding hydrogens is 426 g/mol. The second-order valence-electron chi connectivity index (χ2n) is 6.57. The first-order chi connectivity index (χ1) is 14.1. The summed E-state index contributed by atoms with van der Waals surface area (Å²) in [7, 11) is -6.96. The average Bonchev–Trinajstić information content (AvgIpc) is 2.68. The number of hydrogen-bond acceptors (Lipinski definition) is 6. The third kappa shape index (κ3) is 5.88. The van der Waals surface area contributed by atoms with Crippen molar-refractivity contribution in [1.82, 2.24) is 4.98 Å². The second kappa shape index (κ2) is 8.64. The van der Waals surface area contributed by atoms with Crippen LogP contribution in [0.2, 0.25) is 0 Å². The fourth-order valence-corrected chi connectivity index (χ4v) is 4.40. The molecule has 8 nitrogen and oxygen atoms in total. The van der Waals surface area contributed by atoms with Gasteiger partial charge in [-0.3, -0.25) is 9.52 Å². The van der Waals surface area contributed by atoms with E-state index in [2.05, 4.69) is 15.0 Å². The van der Waals surface area contributed by atoms with Crippen molar-refractivity contribution < 1.29 is 21.6 Å². The van der Waals surface area contributed by atoms with Crippen LogP contribution in [0.1, 0.15) is 15.9 Å². The summed E-state index contributed by atoms with van der Waals surface area (Å²) in [6.45, 7) is 0. The molecule has 0 atom stereocenters. The quantitative estimate of drug-likeness (QED) is 0.577. The summed E-state index contributed by atoms with van der Waals surface area (Å²) in [4.78, 5) is 16.3. The lowest BCUT2D eigenvalue weighted by Gasteiger charge is -2.09. The first kappa shape index (κ1) is 21.5. The molecule has 1 aromatic heterocycles. The number of pyridine rings is 1. The van der Waals surface area contributed by atoms with E-state index in [0.29, 0.717) is 16.8 Å². The Morgan fingerprint density at radius 2 is 1.57 bits per heavy atom. The highest BCUT2D eigenvalue weighted by molar-refractivity contribution is 7.92. The van der Waals surface area contributed by atoms with Gasteiger partial charge in [0.1, 0.15) is 5.82 Å². The van der Waals surface area contributed by atoms with Gasteiger partial charge >= 0.3 is 0 Å². The van der Waals surface area contributed by atoms with Gasteiger partial charge in [-0.1, -0.05) is 18.2 Å². The van der Waals surface area contributed by atoms with Crippen molar-refractivity contribution in [3.63, 3.8) is 0 Å². The molecule has 3 rings (SSSR count). The minimum Gasteiger partial charge on any atom is -0.322 e. The molecule has 0 radical (unpaired) electrons. The molecule has 3 aromatic rings.